The summed E-state index contributed by atoms with van der Waals surface area (Å²) >= 11 is 0. The normalized spacial score (nSPS) is 12.5. The van der Waals surface area contributed by atoms with Gasteiger partial charge >= 0.3 is 0 Å². The SMILES string of the molecule is CCNCCCS(=O)(=O)N(CCOC)C(CC)CC. The van der Waals surface area contributed by atoms with Gasteiger partial charge in [0.2, 0.25) is 10.0 Å². The van der Waals surface area contributed by atoms with Crippen molar-refractivity contribution in [1.82, 2.24) is 9.62 Å². The van der Waals surface area contributed by atoms with Crippen molar-refractivity contribution < 1.29 is 13.2 Å². The average Bonchev–Trinajstić information content (AvgIpc) is 2.39. The van der Waals surface area contributed by atoms with Crippen molar-refractivity contribution in [2.75, 3.05) is 39.1 Å². The van der Waals surface area contributed by atoms with E-state index in [1.807, 2.05) is 20.8 Å². The monoisotopic (exact) mass is 294 g/mol. The molecule has 5 nitrogen and oxygen atoms in total. The summed E-state index contributed by atoms with van der Waals surface area (Å²) in [7, 11) is -1.59. The van der Waals surface area contributed by atoms with Crippen molar-refractivity contribution in [3.8, 4) is 0 Å². The predicted octanol–water partition coefficient (Wildman–Crippen LogP) is 1.45. The highest BCUT2D eigenvalue weighted by Crippen LogP contribution is 2.14. The quantitative estimate of drug-likeness (QED) is 0.554. The van der Waals surface area contributed by atoms with E-state index in [-0.39, 0.29) is 11.8 Å². The summed E-state index contributed by atoms with van der Waals surface area (Å²) in [6, 6.07) is 0.0827. The Morgan fingerprint density at radius 1 is 1.21 bits per heavy atom. The number of sulfonamides is 1. The van der Waals surface area contributed by atoms with E-state index in [0.29, 0.717) is 19.6 Å². The van der Waals surface area contributed by atoms with Crippen molar-refractivity contribution in [2.45, 2.75) is 46.1 Å². The Hall–Kier alpha value is -0.170. The number of hydrogen-bond acceptors (Lipinski definition) is 4. The number of rotatable bonds is 12. The highest BCUT2D eigenvalue weighted by atomic mass is 32.2. The topological polar surface area (TPSA) is 58.6 Å². The summed E-state index contributed by atoms with van der Waals surface area (Å²) in [5.41, 5.74) is 0. The molecule has 0 aromatic carbocycles. The minimum atomic E-state index is -3.19. The van der Waals surface area contributed by atoms with Crippen LogP contribution in [0.1, 0.15) is 40.0 Å². The second-order valence-corrected chi connectivity index (χ2v) is 6.64. The number of nitrogens with zero attached hydrogens (tertiary/aromatic N) is 1. The van der Waals surface area contributed by atoms with E-state index in [2.05, 4.69) is 5.32 Å². The Labute approximate surface area is 118 Å². The molecule has 0 heterocycles. The van der Waals surface area contributed by atoms with Gasteiger partial charge in [0.25, 0.3) is 0 Å². The summed E-state index contributed by atoms with van der Waals surface area (Å²) < 4.78 is 31.5. The van der Waals surface area contributed by atoms with Gasteiger partial charge in [0.05, 0.1) is 12.4 Å². The third kappa shape index (κ3) is 7.25. The smallest absolute Gasteiger partial charge is 0.214 e. The van der Waals surface area contributed by atoms with Gasteiger partial charge in [-0.15, -0.1) is 0 Å². The summed E-state index contributed by atoms with van der Waals surface area (Å²) in [4.78, 5) is 0. The fraction of sp³-hybridized carbons (Fsp3) is 1.00. The highest BCUT2D eigenvalue weighted by Gasteiger charge is 2.27. The fourth-order valence-electron chi connectivity index (χ4n) is 2.10. The molecular formula is C13H30N2O3S. The molecule has 0 fully saturated rings. The lowest BCUT2D eigenvalue weighted by Crippen LogP contribution is -2.43. The summed E-state index contributed by atoms with van der Waals surface area (Å²) in [6.45, 7) is 8.60. The second-order valence-electron chi connectivity index (χ2n) is 4.60. The summed E-state index contributed by atoms with van der Waals surface area (Å²) in [5, 5.41) is 3.15. The molecule has 0 spiro atoms. The van der Waals surface area contributed by atoms with Crippen LogP contribution in [0.2, 0.25) is 0 Å². The van der Waals surface area contributed by atoms with E-state index in [0.717, 1.165) is 25.9 Å². The Balaban J connectivity index is 4.61. The molecule has 0 aliphatic carbocycles. The van der Waals surface area contributed by atoms with Crippen molar-refractivity contribution in [3.63, 3.8) is 0 Å². The lowest BCUT2D eigenvalue weighted by Gasteiger charge is -2.29. The van der Waals surface area contributed by atoms with Crippen LogP contribution in [-0.2, 0) is 14.8 Å². The Kier molecular flexibility index (Phi) is 10.5. The second kappa shape index (κ2) is 10.6. The third-order valence-electron chi connectivity index (χ3n) is 3.23. The van der Waals surface area contributed by atoms with E-state index in [4.69, 9.17) is 4.74 Å². The van der Waals surface area contributed by atoms with E-state index < -0.39 is 10.0 Å². The first-order chi connectivity index (χ1) is 9.03. The standard InChI is InChI=1S/C13H30N2O3S/c1-5-13(6-2)15(10-11-18-4)19(16,17)12-8-9-14-7-3/h13-14H,5-12H2,1-4H3. The fourth-order valence-corrected chi connectivity index (χ4v) is 3.95. The zero-order chi connectivity index (χ0) is 14.7. The molecule has 19 heavy (non-hydrogen) atoms. The van der Waals surface area contributed by atoms with Crippen molar-refractivity contribution in [1.29, 1.82) is 0 Å². The largest absolute Gasteiger partial charge is 0.383 e. The van der Waals surface area contributed by atoms with Crippen molar-refractivity contribution >= 4 is 10.0 Å². The minimum absolute atomic E-state index is 0.0827. The van der Waals surface area contributed by atoms with Gasteiger partial charge in [0.15, 0.2) is 0 Å². The van der Waals surface area contributed by atoms with Gasteiger partial charge < -0.3 is 10.1 Å². The number of nitrogens with one attached hydrogen (secondary N) is 1. The molecule has 1 N–H and O–H groups in total. The van der Waals surface area contributed by atoms with Gasteiger partial charge in [-0.05, 0) is 32.4 Å². The molecule has 0 aliphatic rings. The van der Waals surface area contributed by atoms with Crippen LogP contribution in [0.3, 0.4) is 0 Å². The molecule has 0 aliphatic heterocycles. The van der Waals surface area contributed by atoms with Crippen LogP contribution in [0.15, 0.2) is 0 Å². The zero-order valence-electron chi connectivity index (χ0n) is 12.8. The van der Waals surface area contributed by atoms with Crippen LogP contribution in [-0.4, -0.2) is 57.9 Å². The molecule has 0 bridgehead atoms. The molecule has 0 aromatic heterocycles. The number of hydrogen-bond donors (Lipinski definition) is 1. The van der Waals surface area contributed by atoms with Gasteiger partial charge in [-0.3, -0.25) is 0 Å². The van der Waals surface area contributed by atoms with E-state index in [1.54, 1.807) is 11.4 Å². The molecule has 116 valence electrons. The van der Waals surface area contributed by atoms with Gasteiger partial charge in [-0.1, -0.05) is 20.8 Å². The first-order valence-corrected chi connectivity index (χ1v) is 8.83. The van der Waals surface area contributed by atoms with Gasteiger partial charge in [0.1, 0.15) is 0 Å². The van der Waals surface area contributed by atoms with Gasteiger partial charge in [0, 0.05) is 19.7 Å². The van der Waals surface area contributed by atoms with Crippen LogP contribution < -0.4 is 5.32 Å². The summed E-state index contributed by atoms with van der Waals surface area (Å²) in [6.07, 6.45) is 2.33. The number of methoxy groups -OCH3 is 1. The molecule has 0 amide bonds. The first-order valence-electron chi connectivity index (χ1n) is 7.22. The first kappa shape index (κ1) is 18.8. The molecule has 0 saturated heterocycles. The molecule has 0 unspecified atom stereocenters. The van der Waals surface area contributed by atoms with Crippen molar-refractivity contribution in [3.05, 3.63) is 0 Å². The molecule has 0 atom stereocenters. The van der Waals surface area contributed by atoms with Crippen LogP contribution in [0.5, 0.6) is 0 Å². The lowest BCUT2D eigenvalue weighted by molar-refractivity contribution is 0.163. The molecule has 6 heteroatoms. The van der Waals surface area contributed by atoms with Crippen molar-refractivity contribution in [2.24, 2.45) is 0 Å². The molecule has 0 aromatic rings. The Morgan fingerprint density at radius 2 is 1.84 bits per heavy atom. The Bertz CT molecular complexity index is 303. The predicted molar refractivity (Wildman–Crippen MR) is 79.9 cm³/mol. The van der Waals surface area contributed by atoms with Gasteiger partial charge in [-0.2, -0.15) is 4.31 Å². The van der Waals surface area contributed by atoms with Crippen LogP contribution in [0.4, 0.5) is 0 Å². The molecule has 0 rings (SSSR count). The van der Waals surface area contributed by atoms with E-state index in [9.17, 15) is 8.42 Å². The third-order valence-corrected chi connectivity index (χ3v) is 5.23. The van der Waals surface area contributed by atoms with Gasteiger partial charge in [-0.25, -0.2) is 8.42 Å². The van der Waals surface area contributed by atoms with E-state index >= 15 is 0 Å². The van der Waals surface area contributed by atoms with Crippen LogP contribution in [0, 0.1) is 0 Å². The van der Waals surface area contributed by atoms with E-state index in [1.165, 1.54) is 0 Å². The summed E-state index contributed by atoms with van der Waals surface area (Å²) in [5.74, 6) is 0.209. The maximum atomic E-state index is 12.4. The Morgan fingerprint density at radius 3 is 2.32 bits per heavy atom. The highest BCUT2D eigenvalue weighted by molar-refractivity contribution is 7.89. The zero-order valence-corrected chi connectivity index (χ0v) is 13.6. The maximum Gasteiger partial charge on any atom is 0.214 e. The molecular weight excluding hydrogens is 264 g/mol. The maximum absolute atomic E-state index is 12.4. The van der Waals surface area contributed by atoms with Crippen LogP contribution in [0.25, 0.3) is 0 Å². The number of ether oxygens (including phenoxy) is 1. The van der Waals surface area contributed by atoms with Crippen LogP contribution >= 0.6 is 0 Å². The average molecular weight is 294 g/mol. The molecule has 0 saturated carbocycles. The molecule has 0 radical (unpaired) electrons. The lowest BCUT2D eigenvalue weighted by atomic mass is 10.2. The minimum Gasteiger partial charge on any atom is -0.383 e.